The third kappa shape index (κ3) is 2.53. The Bertz CT molecular complexity index is 455. The van der Waals surface area contributed by atoms with Crippen LogP contribution < -0.4 is 5.32 Å². The summed E-state index contributed by atoms with van der Waals surface area (Å²) in [4.78, 5) is 5.17. The van der Waals surface area contributed by atoms with Crippen LogP contribution in [0.3, 0.4) is 0 Å². The third-order valence-electron chi connectivity index (χ3n) is 2.42. The number of hydrogen-bond donors (Lipinski definition) is 1. The van der Waals surface area contributed by atoms with Crippen molar-refractivity contribution in [3.63, 3.8) is 0 Å². The SMILES string of the molecule is CCNc1ncc(CN2CCCS2(=O)=O)s1. The van der Waals surface area contributed by atoms with E-state index in [4.69, 9.17) is 0 Å². The molecule has 16 heavy (non-hydrogen) atoms. The first-order valence-corrected chi connectivity index (χ1v) is 7.71. The molecule has 0 atom stereocenters. The summed E-state index contributed by atoms with van der Waals surface area (Å²) in [7, 11) is -3.00. The lowest BCUT2D eigenvalue weighted by atomic mass is 10.4. The van der Waals surface area contributed by atoms with E-state index in [9.17, 15) is 8.42 Å². The van der Waals surface area contributed by atoms with Gasteiger partial charge in [-0.25, -0.2) is 13.4 Å². The van der Waals surface area contributed by atoms with Gasteiger partial charge in [-0.3, -0.25) is 0 Å². The molecule has 1 aromatic rings. The quantitative estimate of drug-likeness (QED) is 0.882. The zero-order valence-electron chi connectivity index (χ0n) is 9.14. The van der Waals surface area contributed by atoms with Crippen LogP contribution in [0.5, 0.6) is 0 Å². The van der Waals surface area contributed by atoms with Gasteiger partial charge >= 0.3 is 0 Å². The number of nitrogens with one attached hydrogen (secondary N) is 1. The first-order valence-electron chi connectivity index (χ1n) is 5.28. The van der Waals surface area contributed by atoms with Gasteiger partial charge in [-0.05, 0) is 13.3 Å². The topological polar surface area (TPSA) is 62.3 Å². The lowest BCUT2D eigenvalue weighted by molar-refractivity contribution is 0.443. The molecule has 1 fully saturated rings. The maximum Gasteiger partial charge on any atom is 0.214 e. The standard InChI is InChI=1S/C9H15N3O2S2/c1-2-10-9-11-6-8(15-9)7-12-4-3-5-16(12,13)14/h6H,2-5,7H2,1H3,(H,10,11). The minimum absolute atomic E-state index is 0.284. The molecule has 1 aromatic heterocycles. The molecule has 1 saturated heterocycles. The Balaban J connectivity index is 2.03. The number of rotatable bonds is 4. The number of hydrogen-bond acceptors (Lipinski definition) is 5. The van der Waals surface area contributed by atoms with E-state index in [1.807, 2.05) is 6.92 Å². The van der Waals surface area contributed by atoms with Gasteiger partial charge in [0, 0.05) is 30.7 Å². The van der Waals surface area contributed by atoms with Gasteiger partial charge in [-0.2, -0.15) is 4.31 Å². The summed E-state index contributed by atoms with van der Waals surface area (Å²) in [5.74, 6) is 0.284. The summed E-state index contributed by atoms with van der Waals surface area (Å²) in [6.07, 6.45) is 2.48. The van der Waals surface area contributed by atoms with Crippen LogP contribution >= 0.6 is 11.3 Å². The first-order chi connectivity index (χ1) is 7.62. The maximum absolute atomic E-state index is 11.6. The molecule has 1 aliphatic heterocycles. The molecule has 0 unspecified atom stereocenters. The first kappa shape index (κ1) is 11.8. The normalized spacial score (nSPS) is 20.1. The van der Waals surface area contributed by atoms with Gasteiger partial charge in [0.1, 0.15) is 0 Å². The Morgan fingerprint density at radius 2 is 2.44 bits per heavy atom. The van der Waals surface area contributed by atoms with Gasteiger partial charge < -0.3 is 5.32 Å². The molecule has 1 aliphatic rings. The Hall–Kier alpha value is -0.660. The van der Waals surface area contributed by atoms with Crippen LogP contribution in [0.25, 0.3) is 0 Å². The molecule has 0 saturated carbocycles. The predicted octanol–water partition coefficient (Wildman–Crippen LogP) is 1.11. The van der Waals surface area contributed by atoms with E-state index in [-0.39, 0.29) is 5.75 Å². The lowest BCUT2D eigenvalue weighted by Crippen LogP contribution is -2.24. The summed E-state index contributed by atoms with van der Waals surface area (Å²) in [6, 6.07) is 0. The summed E-state index contributed by atoms with van der Waals surface area (Å²) in [5.41, 5.74) is 0. The van der Waals surface area contributed by atoms with Crippen LogP contribution in [0.4, 0.5) is 5.13 Å². The highest BCUT2D eigenvalue weighted by Crippen LogP contribution is 2.23. The highest BCUT2D eigenvalue weighted by Gasteiger charge is 2.28. The summed E-state index contributed by atoms with van der Waals surface area (Å²) in [6.45, 7) is 3.93. The molecule has 7 heteroatoms. The van der Waals surface area contributed by atoms with E-state index < -0.39 is 10.0 Å². The van der Waals surface area contributed by atoms with Crippen molar-refractivity contribution in [3.05, 3.63) is 11.1 Å². The van der Waals surface area contributed by atoms with E-state index >= 15 is 0 Å². The van der Waals surface area contributed by atoms with Crippen LogP contribution in [0.2, 0.25) is 0 Å². The van der Waals surface area contributed by atoms with Gasteiger partial charge in [-0.15, -0.1) is 11.3 Å². The third-order valence-corrected chi connectivity index (χ3v) is 5.26. The van der Waals surface area contributed by atoms with E-state index in [0.717, 1.165) is 23.0 Å². The largest absolute Gasteiger partial charge is 0.362 e. The van der Waals surface area contributed by atoms with Crippen molar-refractivity contribution >= 4 is 26.5 Å². The van der Waals surface area contributed by atoms with Crippen molar-refractivity contribution in [1.29, 1.82) is 0 Å². The minimum atomic E-state index is -3.00. The molecule has 0 spiro atoms. The minimum Gasteiger partial charge on any atom is -0.362 e. The summed E-state index contributed by atoms with van der Waals surface area (Å²) < 4.78 is 24.7. The molecule has 0 aliphatic carbocycles. The predicted molar refractivity (Wildman–Crippen MR) is 65.1 cm³/mol. The van der Waals surface area contributed by atoms with Gasteiger partial charge in [-0.1, -0.05) is 0 Å². The lowest BCUT2D eigenvalue weighted by Gasteiger charge is -2.11. The van der Waals surface area contributed by atoms with Crippen LogP contribution in [0, 0.1) is 0 Å². The second-order valence-electron chi connectivity index (χ2n) is 3.67. The second-order valence-corrected chi connectivity index (χ2v) is 6.87. The Morgan fingerprint density at radius 3 is 3.06 bits per heavy atom. The van der Waals surface area contributed by atoms with E-state index in [1.54, 1.807) is 6.20 Å². The van der Waals surface area contributed by atoms with Crippen LogP contribution in [-0.4, -0.2) is 36.5 Å². The Morgan fingerprint density at radius 1 is 1.62 bits per heavy atom. The molecule has 2 rings (SSSR count). The highest BCUT2D eigenvalue weighted by atomic mass is 32.2. The van der Waals surface area contributed by atoms with Crippen molar-refractivity contribution in [2.24, 2.45) is 0 Å². The fourth-order valence-corrected chi connectivity index (χ4v) is 4.13. The van der Waals surface area contributed by atoms with Crippen molar-refractivity contribution in [2.75, 3.05) is 24.2 Å². The smallest absolute Gasteiger partial charge is 0.214 e. The van der Waals surface area contributed by atoms with Gasteiger partial charge in [0.05, 0.1) is 5.75 Å². The molecular weight excluding hydrogens is 246 g/mol. The molecule has 5 nitrogen and oxygen atoms in total. The van der Waals surface area contributed by atoms with Gasteiger partial charge in [0.2, 0.25) is 10.0 Å². The number of anilines is 1. The van der Waals surface area contributed by atoms with E-state index in [1.165, 1.54) is 15.6 Å². The number of nitrogens with zero attached hydrogens (tertiary/aromatic N) is 2. The van der Waals surface area contributed by atoms with Crippen LogP contribution in [-0.2, 0) is 16.6 Å². The van der Waals surface area contributed by atoms with Crippen molar-refractivity contribution in [2.45, 2.75) is 19.9 Å². The summed E-state index contributed by atoms with van der Waals surface area (Å²) >= 11 is 1.52. The molecule has 0 bridgehead atoms. The Labute approximate surface area is 99.5 Å². The van der Waals surface area contributed by atoms with Crippen LogP contribution in [0.15, 0.2) is 6.20 Å². The molecule has 90 valence electrons. The molecule has 0 aromatic carbocycles. The fourth-order valence-electron chi connectivity index (χ4n) is 1.66. The molecule has 2 heterocycles. The average molecular weight is 261 g/mol. The molecule has 0 amide bonds. The zero-order chi connectivity index (χ0) is 11.6. The van der Waals surface area contributed by atoms with Crippen molar-refractivity contribution in [1.82, 2.24) is 9.29 Å². The zero-order valence-corrected chi connectivity index (χ0v) is 10.8. The second kappa shape index (κ2) is 4.68. The molecular formula is C9H15N3O2S2. The molecule has 1 N–H and O–H groups in total. The average Bonchev–Trinajstić information content (AvgIpc) is 2.76. The number of aromatic nitrogens is 1. The summed E-state index contributed by atoms with van der Waals surface area (Å²) in [5, 5.41) is 3.97. The highest BCUT2D eigenvalue weighted by molar-refractivity contribution is 7.89. The van der Waals surface area contributed by atoms with Gasteiger partial charge in [0.25, 0.3) is 0 Å². The van der Waals surface area contributed by atoms with E-state index in [0.29, 0.717) is 13.1 Å². The van der Waals surface area contributed by atoms with Crippen molar-refractivity contribution < 1.29 is 8.42 Å². The van der Waals surface area contributed by atoms with Crippen LogP contribution in [0.1, 0.15) is 18.2 Å². The molecule has 0 radical (unpaired) electrons. The van der Waals surface area contributed by atoms with Crippen molar-refractivity contribution in [3.8, 4) is 0 Å². The fraction of sp³-hybridized carbons (Fsp3) is 0.667. The Kier molecular flexibility index (Phi) is 3.46. The van der Waals surface area contributed by atoms with Gasteiger partial charge in [0.15, 0.2) is 5.13 Å². The monoisotopic (exact) mass is 261 g/mol. The maximum atomic E-state index is 11.6. The van der Waals surface area contributed by atoms with E-state index in [2.05, 4.69) is 10.3 Å². The number of thiazole rings is 1. The number of sulfonamides is 1.